The summed E-state index contributed by atoms with van der Waals surface area (Å²) in [4.78, 5) is 0. The van der Waals surface area contributed by atoms with Gasteiger partial charge < -0.3 is 9.13 Å². The molecule has 2 aliphatic carbocycles. The largest absolute Gasteiger partial charge is 0.309 e. The highest BCUT2D eigenvalue weighted by atomic mass is 15.0. The summed E-state index contributed by atoms with van der Waals surface area (Å²) < 4.78 is 4.75. The molecule has 2 aliphatic rings. The smallest absolute Gasteiger partial charge is 0.0541 e. The van der Waals surface area contributed by atoms with E-state index in [4.69, 9.17) is 0 Å². The minimum absolute atomic E-state index is 0.246. The maximum atomic E-state index is 2.50. The van der Waals surface area contributed by atoms with E-state index in [1.165, 1.54) is 144 Å². The molecule has 14 aromatic rings. The Morgan fingerprint density at radius 1 is 0.291 bits per heavy atom. The highest BCUT2D eigenvalue weighted by molar-refractivity contribution is 6.12. The quantitative estimate of drug-likeness (QED) is 0.134. The average Bonchev–Trinajstić information content (AvgIpc) is 4.45. The summed E-state index contributed by atoms with van der Waals surface area (Å²) in [7, 11) is 0. The topological polar surface area (TPSA) is 9.86 Å². The molecule has 1 spiro atoms. The molecule has 79 heavy (non-hydrogen) atoms. The van der Waals surface area contributed by atoms with E-state index >= 15 is 0 Å². The van der Waals surface area contributed by atoms with Gasteiger partial charge in [0.25, 0.3) is 0 Å². The second kappa shape index (κ2) is 18.1. The second-order valence-corrected chi connectivity index (χ2v) is 21.6. The highest BCUT2D eigenvalue weighted by Crippen LogP contribution is 2.59. The molecule has 2 heteroatoms. The van der Waals surface area contributed by atoms with E-state index in [1.807, 2.05) is 0 Å². The molecular weight excluding hydrogens is 953 g/mol. The summed E-state index contributed by atoms with van der Waals surface area (Å²) in [5.41, 5.74) is 25.0. The lowest BCUT2D eigenvalue weighted by Crippen LogP contribution is -2.23. The Hall–Kier alpha value is -10.0. The zero-order chi connectivity index (χ0) is 52.0. The van der Waals surface area contributed by atoms with Crippen molar-refractivity contribution in [2.24, 2.45) is 0 Å². The Bertz CT molecular complexity index is 4540. The van der Waals surface area contributed by atoms with E-state index in [9.17, 15) is 0 Å². The summed E-state index contributed by atoms with van der Waals surface area (Å²) in [5.74, 6) is 0. The zero-order valence-electron chi connectivity index (χ0n) is 43.5. The molecule has 2 nitrogen and oxygen atoms in total. The van der Waals surface area contributed by atoms with Gasteiger partial charge in [0.2, 0.25) is 0 Å². The van der Waals surface area contributed by atoms with Crippen LogP contribution in [0.25, 0.3) is 123 Å². The molecule has 0 aliphatic heterocycles. The van der Waals surface area contributed by atoms with Gasteiger partial charge in [-0.3, -0.25) is 0 Å². The van der Waals surface area contributed by atoms with E-state index in [1.54, 1.807) is 0 Å². The van der Waals surface area contributed by atoms with Crippen LogP contribution in [0.2, 0.25) is 0 Å². The number of para-hydroxylation sites is 4. The van der Waals surface area contributed by atoms with Gasteiger partial charge in [0.15, 0.2) is 0 Å². The number of nitrogens with zero attached hydrogens (tertiary/aromatic N) is 2. The van der Waals surface area contributed by atoms with E-state index in [2.05, 4.69) is 300 Å². The van der Waals surface area contributed by atoms with Crippen molar-refractivity contribution in [3.05, 3.63) is 311 Å². The van der Waals surface area contributed by atoms with Crippen LogP contribution < -0.4 is 0 Å². The van der Waals surface area contributed by atoms with Crippen molar-refractivity contribution in [1.29, 1.82) is 0 Å². The van der Waals surface area contributed by atoms with Crippen molar-refractivity contribution in [2.75, 3.05) is 0 Å². The van der Waals surface area contributed by atoms with E-state index in [0.717, 1.165) is 12.8 Å². The van der Waals surface area contributed by atoms with Gasteiger partial charge in [0.1, 0.15) is 0 Å². The molecular formula is C77H52N2. The van der Waals surface area contributed by atoms with Gasteiger partial charge >= 0.3 is 0 Å². The maximum absolute atomic E-state index is 2.50. The summed E-state index contributed by atoms with van der Waals surface area (Å²) in [6.45, 7) is 0. The van der Waals surface area contributed by atoms with Gasteiger partial charge in [-0.25, -0.2) is 0 Å². The summed E-state index contributed by atoms with van der Waals surface area (Å²) in [6.07, 6.45) is 11.2. The lowest BCUT2D eigenvalue weighted by Gasteiger charge is -2.29. The SMILES string of the molecule is C(=C\c1ccc2c(c1)C1(CCc3cc4ccccc4cc31)c1cc(/C=C/c3ccc(-c4ccc5c(c4)c4ccccc4n5-c4ccccc4)cc3)ccc1-2)/c1ccc(-c2ccc3c(c2)c2ccccc2n3-c2ccccc2)cc1. The summed E-state index contributed by atoms with van der Waals surface area (Å²) in [5, 5.41) is 7.67. The van der Waals surface area contributed by atoms with Crippen LogP contribution in [0.3, 0.4) is 0 Å². The van der Waals surface area contributed by atoms with Crippen molar-refractivity contribution >= 4 is 78.7 Å². The van der Waals surface area contributed by atoms with Crippen molar-refractivity contribution < 1.29 is 0 Å². The fraction of sp³-hybridized carbons (Fsp3) is 0.0390. The van der Waals surface area contributed by atoms with Crippen molar-refractivity contribution in [3.8, 4) is 44.8 Å². The first kappa shape index (κ1) is 45.2. The lowest BCUT2D eigenvalue weighted by molar-refractivity contribution is 0.626. The maximum Gasteiger partial charge on any atom is 0.0541 e. The third kappa shape index (κ3) is 7.33. The van der Waals surface area contributed by atoms with Crippen LogP contribution in [-0.2, 0) is 11.8 Å². The summed E-state index contributed by atoms with van der Waals surface area (Å²) in [6, 6.07) is 98.9. The van der Waals surface area contributed by atoms with Crippen LogP contribution in [0.4, 0.5) is 0 Å². The molecule has 0 N–H and O–H groups in total. The predicted octanol–water partition coefficient (Wildman–Crippen LogP) is 20.0. The normalized spacial score (nSPS) is 13.5. The molecule has 2 aromatic heterocycles. The predicted molar refractivity (Wildman–Crippen MR) is 334 cm³/mol. The molecule has 0 unspecified atom stereocenters. The van der Waals surface area contributed by atoms with Crippen LogP contribution in [0.1, 0.15) is 50.9 Å². The fourth-order valence-corrected chi connectivity index (χ4v) is 13.5. The van der Waals surface area contributed by atoms with Crippen LogP contribution in [0, 0.1) is 0 Å². The minimum atomic E-state index is -0.246. The van der Waals surface area contributed by atoms with Gasteiger partial charge in [-0.1, -0.05) is 212 Å². The van der Waals surface area contributed by atoms with Gasteiger partial charge in [-0.15, -0.1) is 0 Å². The molecule has 0 saturated heterocycles. The molecule has 0 saturated carbocycles. The van der Waals surface area contributed by atoms with Crippen molar-refractivity contribution in [1.82, 2.24) is 9.13 Å². The first-order chi connectivity index (χ1) is 39.1. The number of benzene rings is 12. The molecule has 0 atom stereocenters. The van der Waals surface area contributed by atoms with Crippen molar-refractivity contribution in [2.45, 2.75) is 18.3 Å². The molecule has 16 rings (SSSR count). The third-order valence-electron chi connectivity index (χ3n) is 17.3. The van der Waals surface area contributed by atoms with E-state index in [-0.39, 0.29) is 5.41 Å². The number of rotatable bonds is 8. The number of aromatic nitrogens is 2. The van der Waals surface area contributed by atoms with E-state index < -0.39 is 0 Å². The molecule has 0 bridgehead atoms. The zero-order valence-corrected chi connectivity index (χ0v) is 43.5. The van der Waals surface area contributed by atoms with Gasteiger partial charge in [-0.05, 0) is 180 Å². The Balaban J connectivity index is 0.701. The lowest BCUT2D eigenvalue weighted by atomic mass is 9.72. The number of hydrogen-bond donors (Lipinski definition) is 0. The van der Waals surface area contributed by atoms with Crippen LogP contribution in [0.15, 0.2) is 267 Å². The molecule has 0 amide bonds. The molecule has 370 valence electrons. The van der Waals surface area contributed by atoms with Crippen LogP contribution >= 0.6 is 0 Å². The standard InChI is InChI=1S/C77H52N2/c1-3-15-62(16-4-1)78-73-21-11-9-19-66(73)68-48-59(37-41-75(68)78)55-33-27-51(28-34-55)23-25-53-31-39-64-65-40-32-54(46-72(65)77(71(64)45-53)44-43-61-47-57-13-7-8-14-58(57)50-70(61)77)26-24-52-29-35-56(36-30-52)60-38-42-76-69(49-60)67-20-10-12-22-74(67)79(76)63-17-5-2-6-18-63/h1-42,45-50H,43-44H2/b25-23+,26-24+. The van der Waals surface area contributed by atoms with Gasteiger partial charge in [0.05, 0.1) is 22.1 Å². The number of hydrogen-bond acceptors (Lipinski definition) is 0. The second-order valence-electron chi connectivity index (χ2n) is 21.6. The fourth-order valence-electron chi connectivity index (χ4n) is 13.5. The van der Waals surface area contributed by atoms with Crippen molar-refractivity contribution in [3.63, 3.8) is 0 Å². The molecule has 0 radical (unpaired) electrons. The van der Waals surface area contributed by atoms with Crippen LogP contribution in [-0.4, -0.2) is 9.13 Å². The van der Waals surface area contributed by atoms with E-state index in [0.29, 0.717) is 0 Å². The van der Waals surface area contributed by atoms with Gasteiger partial charge in [0, 0.05) is 38.3 Å². The Morgan fingerprint density at radius 3 is 1.20 bits per heavy atom. The Labute approximate surface area is 459 Å². The van der Waals surface area contributed by atoms with Gasteiger partial charge in [-0.2, -0.15) is 0 Å². The minimum Gasteiger partial charge on any atom is -0.309 e. The molecule has 2 heterocycles. The summed E-state index contributed by atoms with van der Waals surface area (Å²) >= 11 is 0. The first-order valence-corrected chi connectivity index (χ1v) is 27.7. The molecule has 12 aromatic carbocycles. The third-order valence-corrected chi connectivity index (χ3v) is 17.3. The average molecular weight is 1010 g/mol. The molecule has 0 fully saturated rings. The highest BCUT2D eigenvalue weighted by Gasteiger charge is 2.48. The number of fused-ring (bicyclic) bond motifs is 14. The monoisotopic (exact) mass is 1000 g/mol. The number of aryl methyl sites for hydroxylation is 1. The first-order valence-electron chi connectivity index (χ1n) is 27.7. The Kier molecular flexibility index (Phi) is 10.3. The van der Waals surface area contributed by atoms with Crippen LogP contribution in [0.5, 0.6) is 0 Å². The Morgan fingerprint density at radius 2 is 0.696 bits per heavy atom.